The van der Waals surface area contributed by atoms with Gasteiger partial charge in [0.2, 0.25) is 5.91 Å². The van der Waals surface area contributed by atoms with Crippen LogP contribution in [0, 0.1) is 0 Å². The zero-order valence-electron chi connectivity index (χ0n) is 13.0. The highest BCUT2D eigenvalue weighted by molar-refractivity contribution is 5.93. The summed E-state index contributed by atoms with van der Waals surface area (Å²) in [5, 5.41) is 2.79. The summed E-state index contributed by atoms with van der Waals surface area (Å²) in [6.07, 6.45) is 5.17. The first-order valence-corrected chi connectivity index (χ1v) is 7.74. The normalized spacial score (nSPS) is 11.9. The molecule has 0 bridgehead atoms. The van der Waals surface area contributed by atoms with E-state index in [-0.39, 0.29) is 5.91 Å². The summed E-state index contributed by atoms with van der Waals surface area (Å²) in [5.41, 5.74) is 8.26. The van der Waals surface area contributed by atoms with E-state index >= 15 is 0 Å². The number of hydrogen-bond donors (Lipinski definition) is 2. The first-order chi connectivity index (χ1) is 10.7. The third-order valence-electron chi connectivity index (χ3n) is 3.56. The molecule has 22 heavy (non-hydrogen) atoms. The van der Waals surface area contributed by atoms with Crippen molar-refractivity contribution in [1.82, 2.24) is 4.98 Å². The zero-order chi connectivity index (χ0) is 15.8. The van der Waals surface area contributed by atoms with Crippen LogP contribution in [0.1, 0.15) is 30.9 Å². The fourth-order valence-corrected chi connectivity index (χ4v) is 2.29. The van der Waals surface area contributed by atoms with E-state index in [0.29, 0.717) is 12.2 Å². The number of nitrogens with zero attached hydrogens (tertiary/aromatic N) is 1. The predicted octanol–water partition coefficient (Wildman–Crippen LogP) is 2.93. The molecule has 0 aliphatic carbocycles. The minimum atomic E-state index is -0.472. The largest absolute Gasteiger partial charge is 0.320 e. The molecule has 0 saturated heterocycles. The van der Waals surface area contributed by atoms with E-state index in [0.717, 1.165) is 24.8 Å². The molecule has 3 N–H and O–H groups in total. The minimum Gasteiger partial charge on any atom is -0.320 e. The van der Waals surface area contributed by atoms with Crippen LogP contribution in [-0.4, -0.2) is 16.9 Å². The number of amides is 1. The van der Waals surface area contributed by atoms with E-state index in [1.165, 1.54) is 5.56 Å². The van der Waals surface area contributed by atoms with Gasteiger partial charge in [-0.3, -0.25) is 4.79 Å². The van der Waals surface area contributed by atoms with Crippen molar-refractivity contribution >= 4 is 11.7 Å². The molecule has 1 atom stereocenters. The maximum absolute atomic E-state index is 11.9. The molecule has 0 spiro atoms. The third kappa shape index (κ3) is 4.97. The summed E-state index contributed by atoms with van der Waals surface area (Å²) < 4.78 is 0. The number of carbonyl (C=O) groups is 1. The van der Waals surface area contributed by atoms with Crippen LogP contribution in [0.2, 0.25) is 0 Å². The van der Waals surface area contributed by atoms with Gasteiger partial charge < -0.3 is 11.1 Å². The van der Waals surface area contributed by atoms with Gasteiger partial charge in [0.1, 0.15) is 5.82 Å². The SMILES string of the molecule is CCCC(N)C(=O)Nc1cc(CCc2ccccc2)ccn1. The van der Waals surface area contributed by atoms with Crippen LogP contribution in [0.25, 0.3) is 0 Å². The second-order valence-electron chi connectivity index (χ2n) is 5.42. The third-order valence-corrected chi connectivity index (χ3v) is 3.56. The number of rotatable bonds is 7. The molecule has 0 radical (unpaired) electrons. The van der Waals surface area contributed by atoms with Crippen LogP contribution < -0.4 is 11.1 Å². The Morgan fingerprint density at radius 3 is 2.64 bits per heavy atom. The van der Waals surface area contributed by atoms with Crippen LogP contribution in [-0.2, 0) is 17.6 Å². The van der Waals surface area contributed by atoms with E-state index < -0.39 is 6.04 Å². The standard InChI is InChI=1S/C18H23N3O/c1-2-6-16(19)18(22)21-17-13-15(11-12-20-17)10-9-14-7-4-3-5-8-14/h3-5,7-8,11-13,16H,2,6,9-10,19H2,1H3,(H,20,21,22). The summed E-state index contributed by atoms with van der Waals surface area (Å²) in [4.78, 5) is 16.1. The second-order valence-corrected chi connectivity index (χ2v) is 5.42. The molecular formula is C18H23N3O. The fourth-order valence-electron chi connectivity index (χ4n) is 2.29. The van der Waals surface area contributed by atoms with Gasteiger partial charge in [0.15, 0.2) is 0 Å². The molecular weight excluding hydrogens is 274 g/mol. The van der Waals surface area contributed by atoms with Crippen LogP contribution in [0.15, 0.2) is 48.7 Å². The lowest BCUT2D eigenvalue weighted by molar-refractivity contribution is -0.117. The molecule has 1 heterocycles. The van der Waals surface area contributed by atoms with Crippen LogP contribution in [0.5, 0.6) is 0 Å². The molecule has 0 fully saturated rings. The van der Waals surface area contributed by atoms with Gasteiger partial charge in [0.05, 0.1) is 6.04 Å². The Morgan fingerprint density at radius 1 is 1.18 bits per heavy atom. The van der Waals surface area contributed by atoms with Crippen LogP contribution in [0.4, 0.5) is 5.82 Å². The second kappa shape index (κ2) is 8.29. The monoisotopic (exact) mass is 297 g/mol. The van der Waals surface area contributed by atoms with Crippen molar-refractivity contribution in [2.75, 3.05) is 5.32 Å². The number of hydrogen-bond acceptors (Lipinski definition) is 3. The number of pyridine rings is 1. The molecule has 4 heteroatoms. The highest BCUT2D eigenvalue weighted by Gasteiger charge is 2.12. The molecule has 1 amide bonds. The first-order valence-electron chi connectivity index (χ1n) is 7.74. The molecule has 0 aliphatic rings. The summed E-state index contributed by atoms with van der Waals surface area (Å²) in [5.74, 6) is 0.400. The quantitative estimate of drug-likeness (QED) is 0.825. The Labute approximate surface area is 131 Å². The number of aryl methyl sites for hydroxylation is 2. The van der Waals surface area contributed by atoms with Gasteiger partial charge >= 0.3 is 0 Å². The van der Waals surface area contributed by atoms with Gasteiger partial charge in [-0.1, -0.05) is 43.7 Å². The molecule has 1 aromatic heterocycles. The fraction of sp³-hybridized carbons (Fsp3) is 0.333. The number of nitrogens with one attached hydrogen (secondary N) is 1. The van der Waals surface area contributed by atoms with Crippen LogP contribution in [0.3, 0.4) is 0 Å². The Hall–Kier alpha value is -2.20. The lowest BCUT2D eigenvalue weighted by Gasteiger charge is -2.11. The van der Waals surface area contributed by atoms with Crippen molar-refractivity contribution < 1.29 is 4.79 Å². The van der Waals surface area contributed by atoms with Crippen molar-refractivity contribution in [2.45, 2.75) is 38.6 Å². The van der Waals surface area contributed by atoms with Crippen molar-refractivity contribution in [1.29, 1.82) is 0 Å². The number of aromatic nitrogens is 1. The Balaban J connectivity index is 1.93. The van der Waals surface area contributed by atoms with Crippen molar-refractivity contribution in [3.05, 3.63) is 59.8 Å². The van der Waals surface area contributed by atoms with Gasteiger partial charge in [-0.05, 0) is 42.5 Å². The molecule has 2 rings (SSSR count). The zero-order valence-corrected chi connectivity index (χ0v) is 13.0. The van der Waals surface area contributed by atoms with Gasteiger partial charge in [-0.15, -0.1) is 0 Å². The van der Waals surface area contributed by atoms with E-state index in [4.69, 9.17) is 5.73 Å². The van der Waals surface area contributed by atoms with Gasteiger partial charge in [-0.25, -0.2) is 4.98 Å². The molecule has 0 aliphatic heterocycles. The summed E-state index contributed by atoms with van der Waals surface area (Å²) >= 11 is 0. The van der Waals surface area contributed by atoms with Gasteiger partial charge in [0.25, 0.3) is 0 Å². The van der Waals surface area contributed by atoms with Crippen molar-refractivity contribution in [3.8, 4) is 0 Å². The predicted molar refractivity (Wildman–Crippen MR) is 89.6 cm³/mol. The van der Waals surface area contributed by atoms with Gasteiger partial charge in [0, 0.05) is 6.20 Å². The number of carbonyl (C=O) groups excluding carboxylic acids is 1. The van der Waals surface area contributed by atoms with E-state index in [1.54, 1.807) is 6.20 Å². The maximum atomic E-state index is 11.9. The summed E-state index contributed by atoms with van der Waals surface area (Å²) in [6.45, 7) is 2.01. The average molecular weight is 297 g/mol. The molecule has 116 valence electrons. The smallest absolute Gasteiger partial charge is 0.242 e. The molecule has 0 saturated carbocycles. The number of anilines is 1. The molecule has 1 aromatic carbocycles. The van der Waals surface area contributed by atoms with Crippen molar-refractivity contribution in [3.63, 3.8) is 0 Å². The van der Waals surface area contributed by atoms with Crippen LogP contribution >= 0.6 is 0 Å². The summed E-state index contributed by atoms with van der Waals surface area (Å²) in [6, 6.07) is 13.8. The molecule has 4 nitrogen and oxygen atoms in total. The molecule has 2 aromatic rings. The Morgan fingerprint density at radius 2 is 1.91 bits per heavy atom. The Bertz CT molecular complexity index is 598. The molecule has 1 unspecified atom stereocenters. The minimum absolute atomic E-state index is 0.172. The topological polar surface area (TPSA) is 68.0 Å². The lowest BCUT2D eigenvalue weighted by atomic mass is 10.1. The number of benzene rings is 1. The highest BCUT2D eigenvalue weighted by atomic mass is 16.2. The maximum Gasteiger partial charge on any atom is 0.242 e. The summed E-state index contributed by atoms with van der Waals surface area (Å²) in [7, 11) is 0. The van der Waals surface area contributed by atoms with E-state index in [9.17, 15) is 4.79 Å². The Kier molecular flexibility index (Phi) is 6.10. The lowest BCUT2D eigenvalue weighted by Crippen LogP contribution is -2.35. The average Bonchev–Trinajstić information content (AvgIpc) is 2.54. The highest BCUT2D eigenvalue weighted by Crippen LogP contribution is 2.11. The van der Waals surface area contributed by atoms with Crippen molar-refractivity contribution in [2.24, 2.45) is 5.73 Å². The van der Waals surface area contributed by atoms with E-state index in [2.05, 4.69) is 22.4 Å². The first kappa shape index (κ1) is 16.2. The number of nitrogens with two attached hydrogens (primary N) is 1. The van der Waals surface area contributed by atoms with E-state index in [1.807, 2.05) is 37.3 Å². The van der Waals surface area contributed by atoms with Gasteiger partial charge in [-0.2, -0.15) is 0 Å².